The number of pyridine rings is 3. The normalized spacial score (nSPS) is 11.1. The zero-order chi connectivity index (χ0) is 57.5. The van der Waals surface area contributed by atoms with Gasteiger partial charge in [-0.05, 0) is 108 Å². The number of nitrogens with zero attached hydrogens (tertiary/aromatic N) is 3. The van der Waals surface area contributed by atoms with E-state index in [0.717, 1.165) is 121 Å². The topological polar surface area (TPSA) is 38.7 Å². The molecule has 0 unspecified atom stereocenters. The van der Waals surface area contributed by atoms with Crippen molar-refractivity contribution in [3.8, 4) is 112 Å². The second-order valence-corrected chi connectivity index (χ2v) is 22.2. The molecule has 3 nitrogen and oxygen atoms in total. The van der Waals surface area contributed by atoms with Gasteiger partial charge in [0.05, 0.1) is 0 Å². The quantitative estimate of drug-likeness (QED) is 0.0905. The molecule has 13 aromatic rings. The summed E-state index contributed by atoms with van der Waals surface area (Å²) in [5, 5.41) is 0. The molecule has 4 heteroatoms. The van der Waals surface area contributed by atoms with Gasteiger partial charge < -0.3 is 0 Å². The molecule has 0 spiro atoms. The van der Waals surface area contributed by atoms with Crippen molar-refractivity contribution in [2.45, 2.75) is 46.5 Å². The van der Waals surface area contributed by atoms with Gasteiger partial charge in [0, 0.05) is 41.2 Å². The van der Waals surface area contributed by atoms with E-state index in [-0.39, 0.29) is 20.1 Å². The molecule has 0 aliphatic heterocycles. The third kappa shape index (κ3) is 12.8. The number of benzene rings is 10. The van der Waals surface area contributed by atoms with Gasteiger partial charge in [0.15, 0.2) is 0 Å². The molecule has 0 atom stereocenters. The van der Waals surface area contributed by atoms with Crippen LogP contribution in [0.3, 0.4) is 0 Å². The van der Waals surface area contributed by atoms with Gasteiger partial charge in [-0.1, -0.05) is 256 Å². The van der Waals surface area contributed by atoms with Crippen LogP contribution in [0.4, 0.5) is 0 Å². The van der Waals surface area contributed by atoms with Gasteiger partial charge in [0.25, 0.3) is 0 Å². The Morgan fingerprint density at radius 2 is 0.640 bits per heavy atom. The van der Waals surface area contributed by atoms with Crippen molar-refractivity contribution in [2.24, 2.45) is 0 Å². The van der Waals surface area contributed by atoms with Crippen LogP contribution in [-0.4, -0.2) is 15.0 Å². The standard InChI is InChI=1S/C82H62N3.Ir/c1-56-42-80(69-30-18-28-67(48-69)62-22-10-5-11-23-62)83-53-71(56)36-34-59-45-60(35-37-72-54-84-81(43-57(72)2)70-31-19-29-68(49-70)63-24-12-6-13-25-63)47-75(46-59)77-32-16-17-33-78(77)79-55-85-82(44-58(79)3)76-51-73(64-26-14-7-15-27-64)50-74(52-76)66-40-38-65(39-41-66)61-20-8-4-9-21-61;/h4-33,38-47,50,52-55H,34-37H2,1-3H3;/q-3;+3. The maximum Gasteiger partial charge on any atom is 3.00 e. The molecular formula is C82H62IrN3. The Morgan fingerprint density at radius 1 is 0.256 bits per heavy atom. The second-order valence-electron chi connectivity index (χ2n) is 22.2. The summed E-state index contributed by atoms with van der Waals surface area (Å²) in [4.78, 5) is 15.3. The van der Waals surface area contributed by atoms with Crippen LogP contribution < -0.4 is 0 Å². The molecule has 3 aromatic heterocycles. The largest absolute Gasteiger partial charge is 3.00 e. The summed E-state index contributed by atoms with van der Waals surface area (Å²) in [6.07, 6.45) is 9.65. The number of rotatable bonds is 16. The van der Waals surface area contributed by atoms with Crippen molar-refractivity contribution in [2.75, 3.05) is 0 Å². The Kier molecular flexibility index (Phi) is 17.2. The minimum Gasteiger partial charge on any atom is -0.295 e. The zero-order valence-electron chi connectivity index (χ0n) is 48.5. The predicted molar refractivity (Wildman–Crippen MR) is 353 cm³/mol. The summed E-state index contributed by atoms with van der Waals surface area (Å²) in [7, 11) is 0. The Bertz CT molecular complexity index is 4330. The van der Waals surface area contributed by atoms with E-state index in [1.807, 2.05) is 12.1 Å². The fourth-order valence-electron chi connectivity index (χ4n) is 11.6. The van der Waals surface area contributed by atoms with Crippen LogP contribution in [0.25, 0.3) is 112 Å². The summed E-state index contributed by atoms with van der Waals surface area (Å²) in [5.41, 5.74) is 30.2. The SMILES string of the molecule is Cc1cc(-c2[c-]c(-c3ccccc3)ccc2)ncc1CCc1cc(CCc2cnc(-c3[c-]c(-c4ccccc4)ccc3)cc2C)cc(-c2ccccc2-c2cnc(-c3[c-]c(-c4ccccc4)cc(-c4ccc(-c5ccccc5)cc4)c3)cc2C)c1.[Ir+3]. The fraction of sp³-hybridized carbons (Fsp3) is 0.0854. The molecule has 13 rings (SSSR count). The van der Waals surface area contributed by atoms with Crippen LogP contribution >= 0.6 is 0 Å². The first-order valence-corrected chi connectivity index (χ1v) is 29.4. The van der Waals surface area contributed by atoms with E-state index in [2.05, 4.69) is 300 Å². The van der Waals surface area contributed by atoms with Gasteiger partial charge in [-0.15, -0.1) is 83.4 Å². The van der Waals surface area contributed by atoms with Crippen LogP contribution in [-0.2, 0) is 45.8 Å². The van der Waals surface area contributed by atoms with Crippen LogP contribution in [0, 0.1) is 39.0 Å². The number of hydrogen-bond acceptors (Lipinski definition) is 3. The van der Waals surface area contributed by atoms with E-state index < -0.39 is 0 Å². The molecule has 0 saturated heterocycles. The molecule has 0 aliphatic rings. The van der Waals surface area contributed by atoms with Gasteiger partial charge >= 0.3 is 20.1 Å². The average molecular weight is 1280 g/mol. The van der Waals surface area contributed by atoms with Crippen LogP contribution in [0.15, 0.2) is 273 Å². The predicted octanol–water partition coefficient (Wildman–Crippen LogP) is 20.4. The summed E-state index contributed by atoms with van der Waals surface area (Å²) >= 11 is 0. The molecule has 10 aromatic carbocycles. The maximum atomic E-state index is 5.26. The van der Waals surface area contributed by atoms with E-state index in [9.17, 15) is 0 Å². The van der Waals surface area contributed by atoms with Crippen molar-refractivity contribution in [3.63, 3.8) is 0 Å². The summed E-state index contributed by atoms with van der Waals surface area (Å²) in [6, 6.07) is 102. The Morgan fingerprint density at radius 3 is 1.14 bits per heavy atom. The Hall–Kier alpha value is -9.70. The van der Waals surface area contributed by atoms with Gasteiger partial charge in [-0.2, -0.15) is 0 Å². The minimum absolute atomic E-state index is 0. The first-order valence-electron chi connectivity index (χ1n) is 29.4. The van der Waals surface area contributed by atoms with E-state index in [1.54, 1.807) is 0 Å². The smallest absolute Gasteiger partial charge is 0.295 e. The zero-order valence-corrected chi connectivity index (χ0v) is 50.9. The Labute approximate surface area is 520 Å². The molecule has 3 heterocycles. The molecule has 414 valence electrons. The van der Waals surface area contributed by atoms with Crippen LogP contribution in [0.5, 0.6) is 0 Å². The van der Waals surface area contributed by atoms with Crippen molar-refractivity contribution in [1.82, 2.24) is 15.0 Å². The number of hydrogen-bond donors (Lipinski definition) is 0. The van der Waals surface area contributed by atoms with E-state index in [0.29, 0.717) is 0 Å². The molecule has 0 saturated carbocycles. The first kappa shape index (κ1) is 56.8. The first-order chi connectivity index (χ1) is 41.8. The van der Waals surface area contributed by atoms with Crippen molar-refractivity contribution in [3.05, 3.63) is 331 Å². The van der Waals surface area contributed by atoms with Crippen molar-refractivity contribution in [1.29, 1.82) is 0 Å². The molecule has 0 aliphatic carbocycles. The number of aromatic nitrogens is 3. The van der Waals surface area contributed by atoms with Crippen LogP contribution in [0.1, 0.15) is 38.9 Å². The molecule has 0 fully saturated rings. The molecule has 0 amide bonds. The van der Waals surface area contributed by atoms with Gasteiger partial charge in [0.1, 0.15) is 0 Å². The average Bonchev–Trinajstić information content (AvgIpc) is 3.69. The summed E-state index contributed by atoms with van der Waals surface area (Å²) in [5.74, 6) is 0. The fourth-order valence-corrected chi connectivity index (χ4v) is 11.6. The second kappa shape index (κ2) is 26.1. The Balaban J connectivity index is 0.00000724. The van der Waals surface area contributed by atoms with Gasteiger partial charge in [0.2, 0.25) is 0 Å². The van der Waals surface area contributed by atoms with Crippen LogP contribution in [0.2, 0.25) is 0 Å². The summed E-state index contributed by atoms with van der Waals surface area (Å²) < 4.78 is 0. The van der Waals surface area contributed by atoms with E-state index in [1.165, 1.54) is 55.6 Å². The van der Waals surface area contributed by atoms with E-state index >= 15 is 0 Å². The molecule has 0 N–H and O–H groups in total. The molecule has 0 bridgehead atoms. The summed E-state index contributed by atoms with van der Waals surface area (Å²) in [6.45, 7) is 6.63. The molecule has 86 heavy (non-hydrogen) atoms. The third-order valence-corrected chi connectivity index (χ3v) is 16.4. The van der Waals surface area contributed by atoms with Crippen molar-refractivity contribution < 1.29 is 20.1 Å². The van der Waals surface area contributed by atoms with Gasteiger partial charge in [-0.3, -0.25) is 15.0 Å². The maximum absolute atomic E-state index is 5.26. The third-order valence-electron chi connectivity index (χ3n) is 16.4. The molecule has 0 radical (unpaired) electrons. The monoisotopic (exact) mass is 1280 g/mol. The minimum atomic E-state index is 0. The van der Waals surface area contributed by atoms with E-state index in [4.69, 9.17) is 15.0 Å². The van der Waals surface area contributed by atoms with Crippen molar-refractivity contribution >= 4 is 0 Å². The number of aryl methyl sites for hydroxylation is 7. The molecular weight excluding hydrogens is 1220 g/mol. The van der Waals surface area contributed by atoms with Gasteiger partial charge in [-0.25, -0.2) is 0 Å².